The van der Waals surface area contributed by atoms with Crippen LogP contribution in [-0.4, -0.2) is 37.0 Å². The van der Waals surface area contributed by atoms with Crippen molar-refractivity contribution in [2.24, 2.45) is 16.9 Å². The van der Waals surface area contributed by atoms with E-state index in [4.69, 9.17) is 16.2 Å². The van der Waals surface area contributed by atoms with Gasteiger partial charge in [0.1, 0.15) is 5.60 Å². The van der Waals surface area contributed by atoms with Crippen LogP contribution in [0.15, 0.2) is 0 Å². The van der Waals surface area contributed by atoms with Crippen LogP contribution < -0.4 is 11.5 Å². The molecule has 0 saturated carbocycles. The Bertz CT molecular complexity index is 151. The molecule has 4 heteroatoms. The van der Waals surface area contributed by atoms with Crippen molar-refractivity contribution in [1.29, 1.82) is 0 Å². The topological polar surface area (TPSA) is 81.5 Å². The Morgan fingerprint density at radius 2 is 1.77 bits per heavy atom. The van der Waals surface area contributed by atoms with E-state index in [0.717, 1.165) is 0 Å². The molecular weight excluding hydrogens is 168 g/mol. The Labute approximate surface area is 80.2 Å². The van der Waals surface area contributed by atoms with Gasteiger partial charge in [-0.2, -0.15) is 0 Å². The maximum atomic E-state index is 10.1. The lowest BCUT2D eigenvalue weighted by molar-refractivity contribution is -0.108. The van der Waals surface area contributed by atoms with Crippen molar-refractivity contribution in [3.05, 3.63) is 0 Å². The lowest BCUT2D eigenvalue weighted by atomic mass is 9.75. The second kappa shape index (κ2) is 4.91. The molecule has 0 aliphatic carbocycles. The molecule has 5 N–H and O–H groups in total. The fourth-order valence-corrected chi connectivity index (χ4v) is 0.991. The summed E-state index contributed by atoms with van der Waals surface area (Å²) in [5, 5.41) is 10.1. The van der Waals surface area contributed by atoms with Gasteiger partial charge in [-0.1, -0.05) is 13.8 Å². The molecule has 0 spiro atoms. The quantitative estimate of drug-likeness (QED) is 0.537. The minimum absolute atomic E-state index is 0.164. The van der Waals surface area contributed by atoms with Crippen LogP contribution in [0.25, 0.3) is 0 Å². The molecule has 80 valence electrons. The fraction of sp³-hybridized carbons (Fsp3) is 1.00. The van der Waals surface area contributed by atoms with Crippen molar-refractivity contribution in [1.82, 2.24) is 0 Å². The standard InChI is InChI=1S/C9H22N2O2/c1-4-13-7-9(12,6-11)8(2,3)5-10/h12H,4-7,10-11H2,1-3H3. The van der Waals surface area contributed by atoms with Crippen LogP contribution in [0, 0.1) is 5.41 Å². The first-order valence-corrected chi connectivity index (χ1v) is 4.64. The van der Waals surface area contributed by atoms with Gasteiger partial charge < -0.3 is 21.3 Å². The van der Waals surface area contributed by atoms with E-state index in [2.05, 4.69) is 0 Å². The van der Waals surface area contributed by atoms with E-state index in [-0.39, 0.29) is 13.2 Å². The summed E-state index contributed by atoms with van der Waals surface area (Å²) in [6.07, 6.45) is 0. The number of nitrogens with two attached hydrogens (primary N) is 2. The summed E-state index contributed by atoms with van der Waals surface area (Å²) >= 11 is 0. The monoisotopic (exact) mass is 190 g/mol. The van der Waals surface area contributed by atoms with Gasteiger partial charge in [0, 0.05) is 25.1 Å². The van der Waals surface area contributed by atoms with Crippen LogP contribution in [0.2, 0.25) is 0 Å². The molecule has 0 heterocycles. The van der Waals surface area contributed by atoms with Crippen LogP contribution in [0.1, 0.15) is 20.8 Å². The molecule has 0 saturated heterocycles. The number of aliphatic hydroxyl groups is 1. The molecule has 4 nitrogen and oxygen atoms in total. The summed E-state index contributed by atoms with van der Waals surface area (Å²) in [6, 6.07) is 0. The summed E-state index contributed by atoms with van der Waals surface area (Å²) in [6.45, 7) is 7.02. The van der Waals surface area contributed by atoms with Crippen molar-refractivity contribution in [3.8, 4) is 0 Å². The number of ether oxygens (including phenoxy) is 1. The van der Waals surface area contributed by atoms with Gasteiger partial charge in [0.25, 0.3) is 0 Å². The maximum Gasteiger partial charge on any atom is 0.106 e. The third-order valence-corrected chi connectivity index (χ3v) is 2.65. The Morgan fingerprint density at radius 3 is 2.08 bits per heavy atom. The highest BCUT2D eigenvalue weighted by Gasteiger charge is 2.41. The van der Waals surface area contributed by atoms with Crippen molar-refractivity contribution < 1.29 is 9.84 Å². The van der Waals surface area contributed by atoms with Gasteiger partial charge in [-0.05, 0) is 6.92 Å². The van der Waals surface area contributed by atoms with E-state index >= 15 is 0 Å². The molecule has 13 heavy (non-hydrogen) atoms. The van der Waals surface area contributed by atoms with E-state index in [9.17, 15) is 5.11 Å². The normalized spacial score (nSPS) is 17.1. The van der Waals surface area contributed by atoms with Crippen LogP contribution in [0.3, 0.4) is 0 Å². The zero-order valence-electron chi connectivity index (χ0n) is 8.84. The Balaban J connectivity index is 4.42. The zero-order valence-corrected chi connectivity index (χ0v) is 8.84. The molecule has 1 atom stereocenters. The first-order valence-electron chi connectivity index (χ1n) is 4.64. The summed E-state index contributed by atoms with van der Waals surface area (Å²) in [5.41, 5.74) is 9.64. The molecule has 1 unspecified atom stereocenters. The fourth-order valence-electron chi connectivity index (χ4n) is 0.991. The molecule has 0 aromatic rings. The largest absolute Gasteiger partial charge is 0.386 e. The van der Waals surface area contributed by atoms with E-state index < -0.39 is 11.0 Å². The predicted molar refractivity (Wildman–Crippen MR) is 53.3 cm³/mol. The third-order valence-electron chi connectivity index (χ3n) is 2.65. The average molecular weight is 190 g/mol. The van der Waals surface area contributed by atoms with E-state index in [1.165, 1.54) is 0 Å². The maximum absolute atomic E-state index is 10.1. The van der Waals surface area contributed by atoms with Crippen molar-refractivity contribution in [2.45, 2.75) is 26.4 Å². The smallest absolute Gasteiger partial charge is 0.106 e. The van der Waals surface area contributed by atoms with Crippen LogP contribution >= 0.6 is 0 Å². The minimum Gasteiger partial charge on any atom is -0.386 e. The second-order valence-electron chi connectivity index (χ2n) is 3.96. The third kappa shape index (κ3) is 2.91. The number of hydrogen-bond donors (Lipinski definition) is 3. The van der Waals surface area contributed by atoms with Gasteiger partial charge >= 0.3 is 0 Å². The molecule has 0 amide bonds. The second-order valence-corrected chi connectivity index (χ2v) is 3.96. The highest BCUT2D eigenvalue weighted by molar-refractivity contribution is 4.94. The molecule has 0 bridgehead atoms. The number of rotatable bonds is 6. The van der Waals surface area contributed by atoms with Gasteiger partial charge in [0.05, 0.1) is 6.61 Å². The summed E-state index contributed by atoms with van der Waals surface area (Å²) in [7, 11) is 0. The van der Waals surface area contributed by atoms with E-state index in [1.54, 1.807) is 0 Å². The molecule has 0 rings (SSSR count). The van der Waals surface area contributed by atoms with Gasteiger partial charge in [0.15, 0.2) is 0 Å². The number of hydrogen-bond acceptors (Lipinski definition) is 4. The van der Waals surface area contributed by atoms with Crippen LogP contribution in [0.4, 0.5) is 0 Å². The van der Waals surface area contributed by atoms with Gasteiger partial charge in [-0.3, -0.25) is 0 Å². The first-order chi connectivity index (χ1) is 5.93. The summed E-state index contributed by atoms with van der Waals surface area (Å²) in [5.74, 6) is 0. The predicted octanol–water partition coefficient (Wildman–Crippen LogP) is -0.302. The Hall–Kier alpha value is -0.160. The first kappa shape index (κ1) is 12.8. The van der Waals surface area contributed by atoms with Crippen molar-refractivity contribution in [3.63, 3.8) is 0 Å². The minimum atomic E-state index is -1.03. The van der Waals surface area contributed by atoms with Crippen LogP contribution in [-0.2, 0) is 4.74 Å². The highest BCUT2D eigenvalue weighted by Crippen LogP contribution is 2.29. The molecule has 0 radical (unpaired) electrons. The molecule has 0 aliphatic heterocycles. The summed E-state index contributed by atoms with van der Waals surface area (Å²) in [4.78, 5) is 0. The highest BCUT2D eigenvalue weighted by atomic mass is 16.5. The molecule has 0 aromatic heterocycles. The molecular formula is C9H22N2O2. The Morgan fingerprint density at radius 1 is 1.23 bits per heavy atom. The zero-order chi connectivity index (χ0) is 10.5. The van der Waals surface area contributed by atoms with Crippen molar-refractivity contribution >= 4 is 0 Å². The lowest BCUT2D eigenvalue weighted by Gasteiger charge is -2.40. The van der Waals surface area contributed by atoms with E-state index in [0.29, 0.717) is 13.2 Å². The van der Waals surface area contributed by atoms with Gasteiger partial charge in [-0.15, -0.1) is 0 Å². The van der Waals surface area contributed by atoms with Crippen LogP contribution in [0.5, 0.6) is 0 Å². The molecule has 0 aromatic carbocycles. The summed E-state index contributed by atoms with van der Waals surface area (Å²) < 4.78 is 5.19. The van der Waals surface area contributed by atoms with E-state index in [1.807, 2.05) is 20.8 Å². The Kier molecular flexibility index (Phi) is 4.85. The molecule has 0 aliphatic rings. The lowest BCUT2D eigenvalue weighted by Crippen LogP contribution is -2.57. The van der Waals surface area contributed by atoms with Gasteiger partial charge in [-0.25, -0.2) is 0 Å². The average Bonchev–Trinajstić information content (AvgIpc) is 2.13. The van der Waals surface area contributed by atoms with Crippen molar-refractivity contribution in [2.75, 3.05) is 26.3 Å². The van der Waals surface area contributed by atoms with Gasteiger partial charge in [0.2, 0.25) is 0 Å². The SMILES string of the molecule is CCOCC(O)(CN)C(C)(C)CN. The molecule has 0 fully saturated rings.